The lowest BCUT2D eigenvalue weighted by molar-refractivity contribution is -0.274. The van der Waals surface area contributed by atoms with E-state index >= 15 is 0 Å². The van der Waals surface area contributed by atoms with Gasteiger partial charge in [-0.1, -0.05) is 23.7 Å². The molecular weight excluding hydrogens is 384 g/mol. The van der Waals surface area contributed by atoms with E-state index in [0.717, 1.165) is 11.3 Å². The lowest BCUT2D eigenvalue weighted by atomic mass is 10.1. The Morgan fingerprint density at radius 1 is 1.19 bits per heavy atom. The quantitative estimate of drug-likeness (QED) is 0.396. The van der Waals surface area contributed by atoms with Crippen molar-refractivity contribution in [3.05, 3.63) is 58.5 Å². The topological polar surface area (TPSA) is 25.4 Å². The van der Waals surface area contributed by atoms with Crippen LogP contribution in [0.4, 0.5) is 28.9 Å². The molecule has 0 radical (unpaired) electrons. The number of hydrogen-bond donors (Lipinski definition) is 0. The van der Waals surface area contributed by atoms with Crippen LogP contribution < -0.4 is 9.64 Å². The van der Waals surface area contributed by atoms with Gasteiger partial charge in [0.2, 0.25) is 0 Å². The predicted octanol–water partition coefficient (Wildman–Crippen LogP) is 5.93. The summed E-state index contributed by atoms with van der Waals surface area (Å²) in [5.41, 5.74) is 2.93. The Bertz CT molecular complexity index is 1050. The second-order valence-corrected chi connectivity index (χ2v) is 6.62. The van der Waals surface area contributed by atoms with Crippen molar-refractivity contribution >= 4 is 33.9 Å². The molecule has 0 N–H and O–H groups in total. The van der Waals surface area contributed by atoms with Crippen LogP contribution in [0, 0.1) is 12.7 Å². The molecule has 1 aromatic heterocycles. The normalized spacial score (nSPS) is 13.9. The minimum absolute atomic E-state index is 0.0326. The smallest absolute Gasteiger partial charge is 0.403 e. The third kappa shape index (κ3) is 3.16. The second kappa shape index (κ2) is 6.27. The number of anilines is 2. The molecule has 1 aliphatic heterocycles. The first kappa shape index (κ1) is 17.9. The summed E-state index contributed by atoms with van der Waals surface area (Å²) in [6.45, 7) is 2.34. The number of alkyl halides is 3. The molecule has 0 aliphatic carbocycles. The first-order valence-electron chi connectivity index (χ1n) is 8.15. The Morgan fingerprint density at radius 2 is 1.96 bits per heavy atom. The summed E-state index contributed by atoms with van der Waals surface area (Å²) in [7, 11) is 0. The molecule has 0 unspecified atom stereocenters. The van der Waals surface area contributed by atoms with E-state index in [1.807, 2.05) is 4.90 Å². The highest BCUT2D eigenvalue weighted by molar-refractivity contribution is 6.31. The number of halogens is 5. The SMILES string of the molecule is Cc1cc(F)ccc1N1CCc2c(Cl)nc3c(OC(F)(F)F)cccc3c21. The first-order chi connectivity index (χ1) is 12.7. The molecule has 140 valence electrons. The van der Waals surface area contributed by atoms with Gasteiger partial charge < -0.3 is 9.64 Å². The van der Waals surface area contributed by atoms with Crippen LogP contribution in [0.3, 0.4) is 0 Å². The number of nitrogens with zero attached hydrogens (tertiary/aromatic N) is 2. The minimum atomic E-state index is -4.84. The summed E-state index contributed by atoms with van der Waals surface area (Å²) >= 11 is 6.28. The molecule has 1 aliphatic rings. The third-order valence-electron chi connectivity index (χ3n) is 4.53. The number of aromatic nitrogens is 1. The fourth-order valence-corrected chi connectivity index (χ4v) is 3.76. The number of rotatable bonds is 2. The first-order valence-corrected chi connectivity index (χ1v) is 8.53. The predicted molar refractivity (Wildman–Crippen MR) is 95.3 cm³/mol. The molecule has 2 heterocycles. The van der Waals surface area contributed by atoms with Crippen LogP contribution >= 0.6 is 11.6 Å². The molecule has 0 bridgehead atoms. The van der Waals surface area contributed by atoms with Crippen LogP contribution in [-0.2, 0) is 6.42 Å². The zero-order chi connectivity index (χ0) is 19.3. The van der Waals surface area contributed by atoms with Gasteiger partial charge in [-0.05, 0) is 43.2 Å². The largest absolute Gasteiger partial charge is 0.573 e. The van der Waals surface area contributed by atoms with Gasteiger partial charge in [0.15, 0.2) is 5.75 Å². The molecular formula is C19H13ClF4N2O. The Kier molecular flexibility index (Phi) is 4.14. The standard InChI is InChI=1S/C19H13ClF4N2O/c1-10-9-11(21)5-6-14(10)26-8-7-13-17(26)12-3-2-4-15(27-19(22,23)24)16(12)25-18(13)20/h2-6,9H,7-8H2,1H3. The molecule has 4 rings (SSSR count). The highest BCUT2D eigenvalue weighted by atomic mass is 35.5. The lowest BCUT2D eigenvalue weighted by Crippen LogP contribution is -2.18. The maximum Gasteiger partial charge on any atom is 0.573 e. The highest BCUT2D eigenvalue weighted by Crippen LogP contribution is 2.45. The summed E-state index contributed by atoms with van der Waals surface area (Å²) in [5, 5.41) is 0.635. The van der Waals surface area contributed by atoms with Crippen LogP contribution in [0.15, 0.2) is 36.4 Å². The van der Waals surface area contributed by atoms with Crippen molar-refractivity contribution in [1.29, 1.82) is 0 Å². The van der Waals surface area contributed by atoms with Crippen molar-refractivity contribution in [2.75, 3.05) is 11.4 Å². The van der Waals surface area contributed by atoms with Crippen LogP contribution in [0.5, 0.6) is 5.75 Å². The zero-order valence-corrected chi connectivity index (χ0v) is 14.8. The summed E-state index contributed by atoms with van der Waals surface area (Å²) in [4.78, 5) is 6.08. The number of aryl methyl sites for hydroxylation is 1. The molecule has 0 saturated heterocycles. The summed E-state index contributed by atoms with van der Waals surface area (Å²) in [5.74, 6) is -0.762. The average Bonchev–Trinajstić information content (AvgIpc) is 3.00. The minimum Gasteiger partial charge on any atom is -0.403 e. The van der Waals surface area contributed by atoms with Crippen LogP contribution in [-0.4, -0.2) is 17.9 Å². The van der Waals surface area contributed by atoms with Crippen LogP contribution in [0.1, 0.15) is 11.1 Å². The Balaban J connectivity index is 1.94. The summed E-state index contributed by atoms with van der Waals surface area (Å²) in [6, 6.07) is 8.77. The van der Waals surface area contributed by atoms with Gasteiger partial charge in [0.1, 0.15) is 16.5 Å². The van der Waals surface area contributed by atoms with E-state index in [1.54, 1.807) is 19.1 Å². The number of ether oxygens (including phenoxy) is 1. The van der Waals surface area contributed by atoms with Crippen LogP contribution in [0.25, 0.3) is 10.9 Å². The average molecular weight is 397 g/mol. The Hall–Kier alpha value is -2.54. The van der Waals surface area contributed by atoms with E-state index in [1.165, 1.54) is 24.3 Å². The summed E-state index contributed by atoms with van der Waals surface area (Å²) < 4.78 is 55.8. The molecule has 0 saturated carbocycles. The van der Waals surface area contributed by atoms with E-state index in [4.69, 9.17) is 11.6 Å². The van der Waals surface area contributed by atoms with Gasteiger partial charge in [0.25, 0.3) is 0 Å². The van der Waals surface area contributed by atoms with Crippen molar-refractivity contribution in [1.82, 2.24) is 4.98 Å². The van der Waals surface area contributed by atoms with Crippen molar-refractivity contribution in [2.24, 2.45) is 0 Å². The van der Waals surface area contributed by atoms with Gasteiger partial charge in [-0.2, -0.15) is 0 Å². The second-order valence-electron chi connectivity index (χ2n) is 6.26. The van der Waals surface area contributed by atoms with E-state index in [-0.39, 0.29) is 16.5 Å². The van der Waals surface area contributed by atoms with Gasteiger partial charge in [0, 0.05) is 23.2 Å². The number of benzene rings is 2. The van der Waals surface area contributed by atoms with Gasteiger partial charge in [-0.3, -0.25) is 0 Å². The van der Waals surface area contributed by atoms with E-state index < -0.39 is 12.1 Å². The van der Waals surface area contributed by atoms with Gasteiger partial charge in [-0.25, -0.2) is 9.37 Å². The maximum atomic E-state index is 13.5. The zero-order valence-electron chi connectivity index (χ0n) is 14.1. The molecule has 0 atom stereocenters. The number of para-hydroxylation sites is 1. The lowest BCUT2D eigenvalue weighted by Gasteiger charge is -2.23. The molecule has 3 aromatic rings. The molecule has 2 aromatic carbocycles. The molecule has 0 amide bonds. The Morgan fingerprint density at radius 3 is 2.67 bits per heavy atom. The fraction of sp³-hybridized carbons (Fsp3) is 0.211. The maximum absolute atomic E-state index is 13.5. The van der Waals surface area contributed by atoms with E-state index in [9.17, 15) is 17.6 Å². The van der Waals surface area contributed by atoms with Crippen LogP contribution in [0.2, 0.25) is 5.15 Å². The van der Waals surface area contributed by atoms with E-state index in [2.05, 4.69) is 9.72 Å². The number of hydrogen-bond acceptors (Lipinski definition) is 3. The fourth-order valence-electron chi connectivity index (χ4n) is 3.49. The van der Waals surface area contributed by atoms with Gasteiger partial charge in [-0.15, -0.1) is 13.2 Å². The molecule has 8 heteroatoms. The van der Waals surface area contributed by atoms with Crippen molar-refractivity contribution < 1.29 is 22.3 Å². The monoisotopic (exact) mass is 396 g/mol. The Labute approximate surface area is 157 Å². The van der Waals surface area contributed by atoms with Crippen molar-refractivity contribution in [3.63, 3.8) is 0 Å². The molecule has 0 spiro atoms. The molecule has 27 heavy (non-hydrogen) atoms. The van der Waals surface area contributed by atoms with Gasteiger partial charge >= 0.3 is 6.36 Å². The third-order valence-corrected chi connectivity index (χ3v) is 4.84. The number of fused-ring (bicyclic) bond motifs is 3. The van der Waals surface area contributed by atoms with Gasteiger partial charge in [0.05, 0.1) is 5.69 Å². The number of pyridine rings is 1. The van der Waals surface area contributed by atoms with E-state index in [0.29, 0.717) is 29.6 Å². The highest BCUT2D eigenvalue weighted by Gasteiger charge is 2.33. The molecule has 3 nitrogen and oxygen atoms in total. The molecule has 0 fully saturated rings. The summed E-state index contributed by atoms with van der Waals surface area (Å²) in [6.07, 6.45) is -4.26. The van der Waals surface area contributed by atoms with Crippen molar-refractivity contribution in [3.8, 4) is 5.75 Å². The van der Waals surface area contributed by atoms with Crippen molar-refractivity contribution in [2.45, 2.75) is 19.7 Å².